The molecule has 0 atom stereocenters. The van der Waals surface area contributed by atoms with E-state index < -0.39 is 0 Å². The summed E-state index contributed by atoms with van der Waals surface area (Å²) in [6.45, 7) is 2.82. The second-order valence-electron chi connectivity index (χ2n) is 6.51. The topological polar surface area (TPSA) is 100 Å². The van der Waals surface area contributed by atoms with E-state index >= 15 is 0 Å². The quantitative estimate of drug-likeness (QED) is 0.259. The second kappa shape index (κ2) is 12.6. The van der Waals surface area contributed by atoms with Crippen molar-refractivity contribution < 1.29 is 19.4 Å². The highest BCUT2D eigenvalue weighted by Crippen LogP contribution is 2.35. The molecule has 30 heavy (non-hydrogen) atoms. The molecule has 3 N–H and O–H groups in total. The van der Waals surface area contributed by atoms with Crippen LogP contribution >= 0.6 is 15.9 Å². The summed E-state index contributed by atoms with van der Waals surface area (Å²) in [5.74, 6) is 0.107. The van der Waals surface area contributed by atoms with E-state index in [1.807, 2.05) is 25.1 Å². The number of carbonyl (C=O) groups is 2. The number of benzene rings is 2. The number of hydrogen-bond acceptors (Lipinski definition) is 5. The third kappa shape index (κ3) is 7.87. The maximum atomic E-state index is 11.9. The van der Waals surface area contributed by atoms with Crippen molar-refractivity contribution in [2.75, 3.05) is 13.2 Å². The molecule has 0 saturated carbocycles. The van der Waals surface area contributed by atoms with Gasteiger partial charge in [0.05, 0.1) is 17.3 Å². The summed E-state index contributed by atoms with van der Waals surface area (Å²) in [7, 11) is 0. The van der Waals surface area contributed by atoms with Crippen molar-refractivity contribution in [1.82, 2.24) is 10.7 Å². The number of nitrogens with zero attached hydrogens (tertiary/aromatic N) is 1. The fourth-order valence-corrected chi connectivity index (χ4v) is 3.11. The minimum atomic E-state index is -0.178. The van der Waals surface area contributed by atoms with Gasteiger partial charge in [-0.3, -0.25) is 9.59 Å². The van der Waals surface area contributed by atoms with Gasteiger partial charge in [0.1, 0.15) is 0 Å². The first kappa shape index (κ1) is 23.4. The van der Waals surface area contributed by atoms with Crippen LogP contribution in [0, 0.1) is 0 Å². The number of halogens is 1. The van der Waals surface area contributed by atoms with Gasteiger partial charge in [-0.15, -0.1) is 0 Å². The van der Waals surface area contributed by atoms with Gasteiger partial charge in [0.2, 0.25) is 5.91 Å². The molecule has 0 spiro atoms. The van der Waals surface area contributed by atoms with E-state index in [2.05, 4.69) is 31.8 Å². The van der Waals surface area contributed by atoms with E-state index in [1.165, 1.54) is 6.21 Å². The number of phenolic OH excluding ortho intramolecular Hbond substituents is 1. The molecule has 0 bridgehead atoms. The Hall–Kier alpha value is -2.87. The van der Waals surface area contributed by atoms with Crippen LogP contribution in [0.4, 0.5) is 0 Å². The average Bonchev–Trinajstić information content (AvgIpc) is 2.74. The summed E-state index contributed by atoms with van der Waals surface area (Å²) in [4.78, 5) is 23.8. The van der Waals surface area contributed by atoms with Crippen molar-refractivity contribution in [3.63, 3.8) is 0 Å². The lowest BCUT2D eigenvalue weighted by Crippen LogP contribution is -2.24. The standard InChI is InChI=1S/C22H26BrN3O4/c1-2-30-19-14-16(13-18(23)21(19)28)15-25-26-20(27)11-7-4-8-12-24-22(29)17-9-5-3-6-10-17/h3,5-6,9-10,13-15,28H,2,4,7-8,11-12H2,1H3,(H,24,29)(H,26,27)/b25-15+. The molecule has 0 aromatic heterocycles. The lowest BCUT2D eigenvalue weighted by molar-refractivity contribution is -0.121. The fourth-order valence-electron chi connectivity index (χ4n) is 2.65. The summed E-state index contributed by atoms with van der Waals surface area (Å²) >= 11 is 3.26. The highest BCUT2D eigenvalue weighted by molar-refractivity contribution is 9.10. The SMILES string of the molecule is CCOc1cc(/C=N/NC(=O)CCCCCNC(=O)c2ccccc2)cc(Br)c1O. The van der Waals surface area contributed by atoms with E-state index in [4.69, 9.17) is 4.74 Å². The number of unbranched alkanes of at least 4 members (excludes halogenated alkanes) is 2. The van der Waals surface area contributed by atoms with E-state index in [9.17, 15) is 14.7 Å². The molecule has 2 amide bonds. The van der Waals surface area contributed by atoms with Gasteiger partial charge in [-0.2, -0.15) is 5.10 Å². The van der Waals surface area contributed by atoms with Crippen molar-refractivity contribution in [3.8, 4) is 11.5 Å². The van der Waals surface area contributed by atoms with Crippen LogP contribution in [0.15, 0.2) is 52.0 Å². The fraction of sp³-hybridized carbons (Fsp3) is 0.318. The predicted molar refractivity (Wildman–Crippen MR) is 120 cm³/mol. The molecule has 2 rings (SSSR count). The molecule has 0 aliphatic rings. The number of carbonyl (C=O) groups excluding carboxylic acids is 2. The number of rotatable bonds is 11. The molecular weight excluding hydrogens is 450 g/mol. The van der Waals surface area contributed by atoms with Crippen LogP contribution in [0.2, 0.25) is 0 Å². The van der Waals surface area contributed by atoms with Crippen molar-refractivity contribution in [1.29, 1.82) is 0 Å². The number of aromatic hydroxyl groups is 1. The maximum Gasteiger partial charge on any atom is 0.251 e. The normalized spacial score (nSPS) is 10.7. The Balaban J connectivity index is 1.64. The molecule has 2 aromatic rings. The Morgan fingerprint density at radius 3 is 2.67 bits per heavy atom. The molecule has 0 aliphatic heterocycles. The Kier molecular flexibility index (Phi) is 9.86. The third-order valence-electron chi connectivity index (χ3n) is 4.16. The molecule has 8 heteroatoms. The number of hydrazone groups is 1. The molecule has 0 heterocycles. The lowest BCUT2D eigenvalue weighted by Gasteiger charge is -2.08. The van der Waals surface area contributed by atoms with Crippen LogP contribution in [0.3, 0.4) is 0 Å². The highest BCUT2D eigenvalue weighted by Gasteiger charge is 2.08. The zero-order valence-corrected chi connectivity index (χ0v) is 18.4. The lowest BCUT2D eigenvalue weighted by atomic mass is 10.2. The maximum absolute atomic E-state index is 11.9. The third-order valence-corrected chi connectivity index (χ3v) is 4.76. The van der Waals surface area contributed by atoms with Crippen LogP contribution in [0.1, 0.15) is 48.5 Å². The van der Waals surface area contributed by atoms with Crippen molar-refractivity contribution in [2.24, 2.45) is 5.10 Å². The van der Waals surface area contributed by atoms with Crippen molar-refractivity contribution >= 4 is 34.0 Å². The first-order valence-corrected chi connectivity index (χ1v) is 10.6. The average molecular weight is 476 g/mol. The van der Waals surface area contributed by atoms with Gasteiger partial charge in [-0.1, -0.05) is 24.6 Å². The molecule has 160 valence electrons. The highest BCUT2D eigenvalue weighted by atomic mass is 79.9. The zero-order chi connectivity index (χ0) is 21.8. The van der Waals surface area contributed by atoms with Crippen molar-refractivity contribution in [2.45, 2.75) is 32.6 Å². The molecule has 2 aromatic carbocycles. The van der Waals surface area contributed by atoms with Crippen LogP contribution in [0.25, 0.3) is 0 Å². The predicted octanol–water partition coefficient (Wildman–Crippen LogP) is 3.99. The summed E-state index contributed by atoms with van der Waals surface area (Å²) in [6, 6.07) is 12.4. The van der Waals surface area contributed by atoms with Crippen LogP contribution in [0.5, 0.6) is 11.5 Å². The number of amides is 2. The molecule has 0 fully saturated rings. The number of phenols is 1. The molecule has 0 aliphatic carbocycles. The Morgan fingerprint density at radius 1 is 1.17 bits per heavy atom. The van der Waals surface area contributed by atoms with Gasteiger partial charge in [-0.05, 0) is 65.5 Å². The zero-order valence-electron chi connectivity index (χ0n) is 16.9. The van der Waals surface area contributed by atoms with Gasteiger partial charge in [0.15, 0.2) is 11.5 Å². The molecule has 0 saturated heterocycles. The van der Waals surface area contributed by atoms with Gasteiger partial charge in [0.25, 0.3) is 5.91 Å². The largest absolute Gasteiger partial charge is 0.503 e. The summed E-state index contributed by atoms with van der Waals surface area (Å²) in [5.41, 5.74) is 3.81. The Bertz CT molecular complexity index is 872. The monoisotopic (exact) mass is 475 g/mol. The van der Waals surface area contributed by atoms with Crippen LogP contribution < -0.4 is 15.5 Å². The molecular formula is C22H26BrN3O4. The molecule has 0 unspecified atom stereocenters. The first-order valence-electron chi connectivity index (χ1n) is 9.81. The number of nitrogens with one attached hydrogen (secondary N) is 2. The van der Waals surface area contributed by atoms with Gasteiger partial charge in [-0.25, -0.2) is 5.43 Å². The van der Waals surface area contributed by atoms with E-state index in [1.54, 1.807) is 24.3 Å². The molecule has 7 nitrogen and oxygen atoms in total. The number of ether oxygens (including phenoxy) is 1. The van der Waals surface area contributed by atoms with Gasteiger partial charge in [0, 0.05) is 18.5 Å². The smallest absolute Gasteiger partial charge is 0.251 e. The van der Waals surface area contributed by atoms with Gasteiger partial charge >= 0.3 is 0 Å². The van der Waals surface area contributed by atoms with Crippen molar-refractivity contribution in [3.05, 3.63) is 58.1 Å². The van der Waals surface area contributed by atoms with Crippen LogP contribution in [-0.4, -0.2) is 36.3 Å². The summed E-state index contributed by atoms with van der Waals surface area (Å²) in [5, 5.41) is 16.7. The summed E-state index contributed by atoms with van der Waals surface area (Å²) in [6.07, 6.45) is 4.19. The molecule has 0 radical (unpaired) electrons. The van der Waals surface area contributed by atoms with E-state index in [-0.39, 0.29) is 17.6 Å². The van der Waals surface area contributed by atoms with Gasteiger partial charge < -0.3 is 15.2 Å². The minimum Gasteiger partial charge on any atom is -0.503 e. The Labute approximate surface area is 184 Å². The summed E-state index contributed by atoms with van der Waals surface area (Å²) < 4.78 is 5.84. The Morgan fingerprint density at radius 2 is 1.93 bits per heavy atom. The van der Waals surface area contributed by atoms with E-state index in [0.717, 1.165) is 12.8 Å². The first-order chi connectivity index (χ1) is 14.5. The van der Waals surface area contributed by atoms with E-state index in [0.29, 0.717) is 47.3 Å². The van der Waals surface area contributed by atoms with Crippen LogP contribution in [-0.2, 0) is 4.79 Å². The minimum absolute atomic E-state index is 0.0259. The second-order valence-corrected chi connectivity index (χ2v) is 7.36. The number of hydrogen-bond donors (Lipinski definition) is 3.